The van der Waals surface area contributed by atoms with Crippen molar-refractivity contribution in [2.75, 3.05) is 11.9 Å². The fourth-order valence-electron chi connectivity index (χ4n) is 1.67. The quantitative estimate of drug-likeness (QED) is 0.889. The number of halogens is 2. The number of hydrogen-bond donors (Lipinski definition) is 2. The molecule has 2 rings (SSSR count). The molecule has 1 aromatic carbocycles. The van der Waals surface area contributed by atoms with Crippen LogP contribution >= 0.6 is 11.6 Å². The van der Waals surface area contributed by atoms with E-state index < -0.39 is 5.82 Å². The molecule has 0 saturated heterocycles. The number of nitrogens with one attached hydrogen (secondary N) is 2. The molecule has 106 valence electrons. The van der Waals surface area contributed by atoms with Crippen molar-refractivity contribution in [3.05, 3.63) is 53.2 Å². The largest absolute Gasteiger partial charge is 0.468 e. The van der Waals surface area contributed by atoms with Crippen LogP contribution in [-0.2, 0) is 4.79 Å². The maximum atomic E-state index is 12.9. The molecule has 0 bridgehead atoms. The van der Waals surface area contributed by atoms with Crippen molar-refractivity contribution < 1.29 is 13.6 Å². The number of carbonyl (C=O) groups is 1. The third-order valence-corrected chi connectivity index (χ3v) is 3.06. The van der Waals surface area contributed by atoms with E-state index >= 15 is 0 Å². The first-order valence-corrected chi connectivity index (χ1v) is 6.46. The Bertz CT molecular complexity index is 587. The summed E-state index contributed by atoms with van der Waals surface area (Å²) in [4.78, 5) is 11.8. The van der Waals surface area contributed by atoms with Gasteiger partial charge in [-0.3, -0.25) is 10.1 Å². The van der Waals surface area contributed by atoms with Crippen molar-refractivity contribution in [2.24, 2.45) is 0 Å². The van der Waals surface area contributed by atoms with Crippen LogP contribution < -0.4 is 10.6 Å². The Kier molecular flexibility index (Phi) is 4.76. The maximum Gasteiger partial charge on any atom is 0.238 e. The lowest BCUT2D eigenvalue weighted by Gasteiger charge is -2.12. The summed E-state index contributed by atoms with van der Waals surface area (Å²) >= 11 is 5.83. The molecule has 0 saturated carbocycles. The van der Waals surface area contributed by atoms with Gasteiger partial charge in [-0.25, -0.2) is 4.39 Å². The Labute approximate surface area is 120 Å². The van der Waals surface area contributed by atoms with Crippen LogP contribution in [-0.4, -0.2) is 12.5 Å². The Morgan fingerprint density at radius 2 is 2.25 bits per heavy atom. The standard InChI is InChI=1S/C14H14ClFN2O2/c1-9(13-3-2-6-20-13)17-8-14(19)18-12-5-4-10(16)7-11(12)15/h2-7,9,17H,8H2,1H3,(H,18,19)/t9-/m0/s1. The minimum atomic E-state index is -0.447. The SMILES string of the molecule is C[C@H](NCC(=O)Nc1ccc(F)cc1Cl)c1ccco1. The highest BCUT2D eigenvalue weighted by Gasteiger charge is 2.11. The average molecular weight is 297 g/mol. The molecule has 0 aliphatic rings. The van der Waals surface area contributed by atoms with Gasteiger partial charge < -0.3 is 9.73 Å². The summed E-state index contributed by atoms with van der Waals surface area (Å²) in [6.07, 6.45) is 1.58. The zero-order chi connectivity index (χ0) is 14.5. The molecule has 0 aliphatic heterocycles. The smallest absolute Gasteiger partial charge is 0.238 e. The summed E-state index contributed by atoms with van der Waals surface area (Å²) in [5.74, 6) is 0.0343. The summed E-state index contributed by atoms with van der Waals surface area (Å²) in [7, 11) is 0. The molecular weight excluding hydrogens is 283 g/mol. The molecule has 6 heteroatoms. The molecule has 0 fully saturated rings. The Balaban J connectivity index is 1.86. The number of furan rings is 1. The number of carbonyl (C=O) groups excluding carboxylic acids is 1. The Morgan fingerprint density at radius 3 is 2.90 bits per heavy atom. The molecule has 1 atom stereocenters. The van der Waals surface area contributed by atoms with Gasteiger partial charge in [0.05, 0.1) is 29.6 Å². The molecule has 0 aliphatic carbocycles. The predicted octanol–water partition coefficient (Wildman–Crippen LogP) is 3.36. The first-order chi connectivity index (χ1) is 9.56. The van der Waals surface area contributed by atoms with Crippen molar-refractivity contribution >= 4 is 23.2 Å². The molecule has 1 amide bonds. The number of hydrogen-bond acceptors (Lipinski definition) is 3. The van der Waals surface area contributed by atoms with Gasteiger partial charge in [0, 0.05) is 0 Å². The molecule has 0 spiro atoms. The van der Waals surface area contributed by atoms with Crippen molar-refractivity contribution in [2.45, 2.75) is 13.0 Å². The minimum Gasteiger partial charge on any atom is -0.468 e. The molecule has 0 unspecified atom stereocenters. The summed E-state index contributed by atoms with van der Waals surface area (Å²) in [6, 6.07) is 7.33. The minimum absolute atomic E-state index is 0.0839. The fourth-order valence-corrected chi connectivity index (χ4v) is 1.88. The van der Waals surface area contributed by atoms with Gasteiger partial charge in [0.1, 0.15) is 11.6 Å². The van der Waals surface area contributed by atoms with Gasteiger partial charge >= 0.3 is 0 Å². The zero-order valence-corrected chi connectivity index (χ0v) is 11.6. The normalized spacial score (nSPS) is 12.2. The van der Waals surface area contributed by atoms with E-state index in [1.165, 1.54) is 12.1 Å². The van der Waals surface area contributed by atoms with Crippen LogP contribution in [0.25, 0.3) is 0 Å². The second kappa shape index (κ2) is 6.54. The number of benzene rings is 1. The second-order valence-corrected chi connectivity index (χ2v) is 4.70. The van der Waals surface area contributed by atoms with Crippen molar-refractivity contribution in [3.63, 3.8) is 0 Å². The van der Waals surface area contributed by atoms with Gasteiger partial charge in [-0.2, -0.15) is 0 Å². The third kappa shape index (κ3) is 3.82. The average Bonchev–Trinajstić information content (AvgIpc) is 2.93. The van der Waals surface area contributed by atoms with E-state index in [0.717, 1.165) is 11.8 Å². The highest BCUT2D eigenvalue weighted by atomic mass is 35.5. The fraction of sp³-hybridized carbons (Fsp3) is 0.214. The summed E-state index contributed by atoms with van der Waals surface area (Å²) in [6.45, 7) is 1.98. The van der Waals surface area contributed by atoms with Crippen LogP contribution in [0.5, 0.6) is 0 Å². The maximum absolute atomic E-state index is 12.9. The molecule has 0 radical (unpaired) electrons. The predicted molar refractivity (Wildman–Crippen MR) is 75.2 cm³/mol. The van der Waals surface area contributed by atoms with E-state index in [1.54, 1.807) is 12.3 Å². The van der Waals surface area contributed by atoms with Gasteiger partial charge in [0.25, 0.3) is 0 Å². The first kappa shape index (κ1) is 14.6. The van der Waals surface area contributed by atoms with Crippen LogP contribution in [0.2, 0.25) is 5.02 Å². The lowest BCUT2D eigenvalue weighted by molar-refractivity contribution is -0.115. The molecule has 2 N–H and O–H groups in total. The molecule has 1 aromatic heterocycles. The van der Waals surface area contributed by atoms with E-state index in [1.807, 2.05) is 13.0 Å². The lowest BCUT2D eigenvalue weighted by Crippen LogP contribution is -2.30. The van der Waals surface area contributed by atoms with Gasteiger partial charge in [0.2, 0.25) is 5.91 Å². The van der Waals surface area contributed by atoms with Crippen LogP contribution in [0, 0.1) is 5.82 Å². The summed E-state index contributed by atoms with van der Waals surface area (Å²) in [5, 5.41) is 5.78. The van der Waals surface area contributed by atoms with Gasteiger partial charge in [0.15, 0.2) is 0 Å². The van der Waals surface area contributed by atoms with Gasteiger partial charge in [-0.1, -0.05) is 11.6 Å². The highest BCUT2D eigenvalue weighted by molar-refractivity contribution is 6.33. The Hall–Kier alpha value is -1.85. The van der Waals surface area contributed by atoms with E-state index in [9.17, 15) is 9.18 Å². The summed E-state index contributed by atoms with van der Waals surface area (Å²) in [5.41, 5.74) is 0.380. The second-order valence-electron chi connectivity index (χ2n) is 4.29. The van der Waals surface area contributed by atoms with E-state index in [-0.39, 0.29) is 23.5 Å². The van der Waals surface area contributed by atoms with Crippen LogP contribution in [0.3, 0.4) is 0 Å². The monoisotopic (exact) mass is 296 g/mol. The van der Waals surface area contributed by atoms with Crippen molar-refractivity contribution in [1.29, 1.82) is 0 Å². The first-order valence-electron chi connectivity index (χ1n) is 6.08. The van der Waals surface area contributed by atoms with E-state index in [4.69, 9.17) is 16.0 Å². The van der Waals surface area contributed by atoms with Crippen molar-refractivity contribution in [1.82, 2.24) is 5.32 Å². The number of amides is 1. The van der Waals surface area contributed by atoms with E-state index in [0.29, 0.717) is 5.69 Å². The highest BCUT2D eigenvalue weighted by Crippen LogP contribution is 2.22. The number of anilines is 1. The summed E-state index contributed by atoms with van der Waals surface area (Å²) < 4.78 is 18.1. The van der Waals surface area contributed by atoms with E-state index in [2.05, 4.69) is 10.6 Å². The van der Waals surface area contributed by atoms with Crippen LogP contribution in [0.4, 0.5) is 10.1 Å². The van der Waals surface area contributed by atoms with Crippen LogP contribution in [0.1, 0.15) is 18.7 Å². The lowest BCUT2D eigenvalue weighted by atomic mass is 10.2. The molecule has 1 heterocycles. The molecule has 4 nitrogen and oxygen atoms in total. The van der Waals surface area contributed by atoms with Gasteiger partial charge in [-0.15, -0.1) is 0 Å². The molecule has 2 aromatic rings. The van der Waals surface area contributed by atoms with Gasteiger partial charge in [-0.05, 0) is 37.3 Å². The molecule has 20 heavy (non-hydrogen) atoms. The van der Waals surface area contributed by atoms with Crippen molar-refractivity contribution in [3.8, 4) is 0 Å². The third-order valence-electron chi connectivity index (χ3n) is 2.74. The number of rotatable bonds is 5. The van der Waals surface area contributed by atoms with Crippen LogP contribution in [0.15, 0.2) is 41.0 Å². The molecular formula is C14H14ClFN2O2. The Morgan fingerprint density at radius 1 is 1.45 bits per heavy atom. The zero-order valence-electron chi connectivity index (χ0n) is 10.8. The topological polar surface area (TPSA) is 54.3 Å².